The Kier molecular flexibility index (Phi) is 7.16. The van der Waals surface area contributed by atoms with E-state index in [9.17, 15) is 4.79 Å². The summed E-state index contributed by atoms with van der Waals surface area (Å²) < 4.78 is 2.07. The molecular weight excluding hydrogens is 426 g/mol. The van der Waals surface area contributed by atoms with Crippen LogP contribution in [0.4, 0.5) is 5.82 Å². The molecule has 1 aliphatic carbocycles. The number of fused-ring (bicyclic) bond motifs is 1. The highest BCUT2D eigenvalue weighted by Gasteiger charge is 2.24. The van der Waals surface area contributed by atoms with Gasteiger partial charge in [0.25, 0.3) is 5.91 Å². The van der Waals surface area contributed by atoms with Crippen LogP contribution >= 0.6 is 0 Å². The fraction of sp³-hybridized carbons (Fsp3) is 0.538. The Hall–Kier alpha value is -3.00. The molecule has 0 unspecified atom stereocenters. The van der Waals surface area contributed by atoms with Crippen molar-refractivity contribution < 1.29 is 4.79 Å². The Labute approximate surface area is 202 Å². The van der Waals surface area contributed by atoms with Crippen molar-refractivity contribution in [1.82, 2.24) is 29.7 Å². The van der Waals surface area contributed by atoms with Gasteiger partial charge in [-0.15, -0.1) is 0 Å². The van der Waals surface area contributed by atoms with Gasteiger partial charge in [-0.3, -0.25) is 9.69 Å². The summed E-state index contributed by atoms with van der Waals surface area (Å²) in [5, 5.41) is 6.55. The van der Waals surface area contributed by atoms with Crippen molar-refractivity contribution in [2.24, 2.45) is 0 Å². The molecule has 1 aliphatic rings. The molecule has 0 saturated heterocycles. The number of anilines is 1. The van der Waals surface area contributed by atoms with Crippen LogP contribution in [-0.2, 0) is 0 Å². The number of imidazole rings is 1. The molecule has 1 aromatic carbocycles. The molecule has 2 N–H and O–H groups in total. The number of benzene rings is 1. The molecule has 34 heavy (non-hydrogen) atoms. The van der Waals surface area contributed by atoms with Gasteiger partial charge in [0, 0.05) is 48.4 Å². The van der Waals surface area contributed by atoms with Gasteiger partial charge < -0.3 is 15.2 Å². The van der Waals surface area contributed by atoms with Gasteiger partial charge >= 0.3 is 0 Å². The molecule has 4 rings (SSSR count). The van der Waals surface area contributed by atoms with Crippen LogP contribution in [0.5, 0.6) is 0 Å². The Morgan fingerprint density at radius 2 is 1.74 bits per heavy atom. The molecule has 8 heteroatoms. The van der Waals surface area contributed by atoms with E-state index in [1.165, 1.54) is 0 Å². The van der Waals surface area contributed by atoms with Crippen LogP contribution in [0.2, 0.25) is 0 Å². The predicted octanol–water partition coefficient (Wildman–Crippen LogP) is 4.50. The van der Waals surface area contributed by atoms with Crippen molar-refractivity contribution in [3.8, 4) is 11.4 Å². The molecule has 0 aliphatic heterocycles. The molecule has 182 valence electrons. The number of nitrogens with zero attached hydrogens (tertiary/aromatic N) is 5. The van der Waals surface area contributed by atoms with E-state index in [4.69, 9.17) is 9.97 Å². The maximum absolute atomic E-state index is 12.4. The highest BCUT2D eigenvalue weighted by molar-refractivity contribution is 5.95. The molecule has 8 nitrogen and oxygen atoms in total. The van der Waals surface area contributed by atoms with Crippen LogP contribution in [-0.4, -0.2) is 61.5 Å². The second kappa shape index (κ2) is 10.1. The number of carbonyl (C=O) groups excluding carboxylic acids is 1. The molecule has 1 saturated carbocycles. The first-order valence-corrected chi connectivity index (χ1v) is 12.4. The number of aromatic nitrogens is 4. The van der Waals surface area contributed by atoms with E-state index in [-0.39, 0.29) is 11.9 Å². The molecule has 2 heterocycles. The highest BCUT2D eigenvalue weighted by Crippen LogP contribution is 2.26. The lowest BCUT2D eigenvalue weighted by atomic mass is 10.1. The van der Waals surface area contributed by atoms with E-state index in [1.54, 1.807) is 0 Å². The molecule has 3 aromatic rings. The van der Waals surface area contributed by atoms with Gasteiger partial charge in [0.15, 0.2) is 17.3 Å². The Bertz CT molecular complexity index is 1120. The predicted molar refractivity (Wildman–Crippen MR) is 137 cm³/mol. The van der Waals surface area contributed by atoms with E-state index < -0.39 is 0 Å². The Balaban J connectivity index is 1.61. The van der Waals surface area contributed by atoms with Crippen molar-refractivity contribution in [1.29, 1.82) is 0 Å². The number of amides is 1. The average molecular weight is 464 g/mol. The number of rotatable bonds is 10. The quantitative estimate of drug-likeness (QED) is 0.460. The van der Waals surface area contributed by atoms with Crippen molar-refractivity contribution in [2.45, 2.75) is 78.6 Å². The summed E-state index contributed by atoms with van der Waals surface area (Å²) in [6.45, 7) is 14.8. The Morgan fingerprint density at radius 3 is 2.32 bits per heavy atom. The zero-order valence-corrected chi connectivity index (χ0v) is 21.2. The summed E-state index contributed by atoms with van der Waals surface area (Å²) in [4.78, 5) is 29.1. The first-order chi connectivity index (χ1) is 16.2. The SMILES string of the molecule is CC(C)N(CCNc1nc(-c2ccc(C(=O)NC3CC3)cc2)nc2c1ncn2C(C)C)C(C)C. The van der Waals surface area contributed by atoms with E-state index in [0.717, 1.165) is 48.5 Å². The van der Waals surface area contributed by atoms with E-state index >= 15 is 0 Å². The van der Waals surface area contributed by atoms with Crippen LogP contribution in [0.15, 0.2) is 30.6 Å². The van der Waals surface area contributed by atoms with Gasteiger partial charge in [-0.05, 0) is 66.5 Å². The first kappa shape index (κ1) is 24.1. The molecule has 1 amide bonds. The fourth-order valence-electron chi connectivity index (χ4n) is 4.23. The van der Waals surface area contributed by atoms with Crippen LogP contribution in [0, 0.1) is 0 Å². The van der Waals surface area contributed by atoms with Gasteiger partial charge in [0.2, 0.25) is 0 Å². The molecule has 0 atom stereocenters. The van der Waals surface area contributed by atoms with E-state index in [0.29, 0.717) is 29.5 Å². The fourth-order valence-corrected chi connectivity index (χ4v) is 4.23. The third-order valence-corrected chi connectivity index (χ3v) is 6.28. The second-order valence-electron chi connectivity index (χ2n) is 9.99. The van der Waals surface area contributed by atoms with Gasteiger partial charge in [0.05, 0.1) is 6.33 Å². The summed E-state index contributed by atoms with van der Waals surface area (Å²) in [5.74, 6) is 1.34. The lowest BCUT2D eigenvalue weighted by Gasteiger charge is -2.30. The minimum absolute atomic E-state index is 0.0227. The minimum Gasteiger partial charge on any atom is -0.367 e. The maximum atomic E-state index is 12.4. The standard InChI is InChI=1S/C26H37N7O/c1-16(2)32(17(3)4)14-13-27-24-22-25(33(15-28-22)18(5)6)31-23(30-24)19-7-9-20(10-8-19)26(34)29-21-11-12-21/h7-10,15-18,21H,11-14H2,1-6H3,(H,29,34)(H,27,30,31). The first-order valence-electron chi connectivity index (χ1n) is 12.4. The Morgan fingerprint density at radius 1 is 1.06 bits per heavy atom. The minimum atomic E-state index is -0.0227. The molecule has 0 spiro atoms. The topological polar surface area (TPSA) is 88.0 Å². The van der Waals surface area contributed by atoms with Crippen molar-refractivity contribution in [2.75, 3.05) is 18.4 Å². The third kappa shape index (κ3) is 5.38. The highest BCUT2D eigenvalue weighted by atomic mass is 16.1. The van der Waals surface area contributed by atoms with E-state index in [2.05, 4.69) is 66.6 Å². The maximum Gasteiger partial charge on any atom is 0.251 e. The van der Waals surface area contributed by atoms with Gasteiger partial charge in [-0.2, -0.15) is 0 Å². The van der Waals surface area contributed by atoms with Crippen LogP contribution in [0.3, 0.4) is 0 Å². The smallest absolute Gasteiger partial charge is 0.251 e. The molecule has 2 aromatic heterocycles. The monoisotopic (exact) mass is 463 g/mol. The summed E-state index contributed by atoms with van der Waals surface area (Å²) >= 11 is 0. The van der Waals surface area contributed by atoms with Crippen molar-refractivity contribution in [3.05, 3.63) is 36.2 Å². The van der Waals surface area contributed by atoms with Crippen molar-refractivity contribution in [3.63, 3.8) is 0 Å². The zero-order valence-electron chi connectivity index (χ0n) is 21.2. The molecular formula is C26H37N7O. The summed E-state index contributed by atoms with van der Waals surface area (Å²) in [5.41, 5.74) is 3.11. The van der Waals surface area contributed by atoms with Gasteiger partial charge in [-0.1, -0.05) is 12.1 Å². The van der Waals surface area contributed by atoms with Crippen LogP contribution in [0.1, 0.15) is 70.8 Å². The summed E-state index contributed by atoms with van der Waals surface area (Å²) in [6.07, 6.45) is 3.98. The number of hydrogen-bond donors (Lipinski definition) is 2. The van der Waals surface area contributed by atoms with Gasteiger partial charge in [0.1, 0.15) is 5.52 Å². The van der Waals surface area contributed by atoms with Gasteiger partial charge in [-0.25, -0.2) is 15.0 Å². The van der Waals surface area contributed by atoms with Crippen LogP contribution < -0.4 is 10.6 Å². The van der Waals surface area contributed by atoms with Crippen LogP contribution in [0.25, 0.3) is 22.6 Å². The zero-order chi connectivity index (χ0) is 24.4. The molecule has 0 bridgehead atoms. The number of nitrogens with one attached hydrogen (secondary N) is 2. The summed E-state index contributed by atoms with van der Waals surface area (Å²) in [6, 6.07) is 9.03. The molecule has 1 fully saturated rings. The lowest BCUT2D eigenvalue weighted by molar-refractivity contribution is 0.0951. The molecule has 0 radical (unpaired) electrons. The summed E-state index contributed by atoms with van der Waals surface area (Å²) in [7, 11) is 0. The normalized spacial score (nSPS) is 14.1. The third-order valence-electron chi connectivity index (χ3n) is 6.28. The average Bonchev–Trinajstić information content (AvgIpc) is 3.50. The van der Waals surface area contributed by atoms with Crippen molar-refractivity contribution >= 4 is 22.9 Å². The largest absolute Gasteiger partial charge is 0.367 e. The van der Waals surface area contributed by atoms with E-state index in [1.807, 2.05) is 30.6 Å². The number of hydrogen-bond acceptors (Lipinski definition) is 6. The lowest BCUT2D eigenvalue weighted by Crippen LogP contribution is -2.40. The number of carbonyl (C=O) groups is 1. The second-order valence-corrected chi connectivity index (χ2v) is 9.99.